The van der Waals surface area contributed by atoms with E-state index in [1.165, 1.54) is 82.8 Å². The molecule has 13 atom stereocenters. The molecular formula is C65H116N12O14. The van der Waals surface area contributed by atoms with Crippen molar-refractivity contribution in [1.29, 1.82) is 0 Å². The highest BCUT2D eigenvalue weighted by Crippen LogP contribution is 2.28. The number of nitrogens with zero attached hydrogens (tertiary/aromatic N) is 8. The van der Waals surface area contributed by atoms with Crippen molar-refractivity contribution < 1.29 is 62.8 Å². The van der Waals surface area contributed by atoms with E-state index in [9.17, 15) is 44.0 Å². The minimum absolute atomic E-state index is 0.0156. The van der Waals surface area contributed by atoms with Crippen LogP contribution in [-0.4, -0.2) is 238 Å². The van der Waals surface area contributed by atoms with E-state index in [0.717, 1.165) is 14.7 Å². The van der Waals surface area contributed by atoms with Gasteiger partial charge in [-0.1, -0.05) is 116 Å². The average Bonchev–Trinajstić information content (AvgIpc) is 0.888. The van der Waals surface area contributed by atoms with Crippen LogP contribution in [0.1, 0.15) is 170 Å². The van der Waals surface area contributed by atoms with Crippen LogP contribution >= 0.6 is 0 Å². The molecule has 1 fully saturated rings. The highest BCUT2D eigenvalue weighted by atomic mass is 16.6. The smallest absolute Gasteiger partial charge is 0.246 e. The third-order valence-corrected chi connectivity index (χ3v) is 17.1. The van der Waals surface area contributed by atoms with E-state index < -0.39 is 179 Å². The molecule has 0 bridgehead atoms. The quantitative estimate of drug-likeness (QED) is 0.0788. The van der Waals surface area contributed by atoms with Gasteiger partial charge < -0.3 is 60.7 Å². The van der Waals surface area contributed by atoms with E-state index in [0.29, 0.717) is 0 Å². The second kappa shape index (κ2) is 36.5. The van der Waals surface area contributed by atoms with Gasteiger partial charge in [-0.15, -0.1) is 0 Å². The number of likely N-dealkylation sites (N-methyl/N-ethyl adjacent to an activating group) is 7. The van der Waals surface area contributed by atoms with E-state index in [-0.39, 0.29) is 56.3 Å². The molecule has 1 heterocycles. The van der Waals surface area contributed by atoms with Crippen LogP contribution in [0.4, 0.5) is 0 Å². The van der Waals surface area contributed by atoms with Gasteiger partial charge in [0.25, 0.3) is 0 Å². The van der Waals surface area contributed by atoms with Crippen molar-refractivity contribution in [3.63, 3.8) is 0 Å². The fourth-order valence-corrected chi connectivity index (χ4v) is 11.4. The number of nitro groups is 1. The molecule has 0 aromatic carbocycles. The third-order valence-electron chi connectivity index (χ3n) is 17.1. The Hall–Kier alpha value is -6.73. The summed E-state index contributed by atoms with van der Waals surface area (Å²) >= 11 is 0. The first-order valence-electron chi connectivity index (χ1n) is 32.3. The lowest BCUT2D eigenvalue weighted by atomic mass is 9.86. The highest BCUT2D eigenvalue weighted by Gasteiger charge is 2.47. The molecule has 11 amide bonds. The van der Waals surface area contributed by atoms with E-state index >= 15 is 24.0 Å². The monoisotopic (exact) mass is 1290 g/mol. The SMILES string of the molecule is C/C=C/C[C@@H](C)[C@@H](O)[C@H]1C(=O)N[C@@H](CC)C(=O)N(C)[C@H](CC[N+](=O)[O-])C(=O)N(C)[C@@H](CC(C)(C)C)C(=O)N[C@@H](C(C)C)C(=O)N(C)[C@@H](CC(C)C)C(=O)N[C@@H](C)C(=O)N[C@H](C)C(=O)N(C)[C@@H](CC(C)C)C(=O)N(C)[C@@H](CC(C)C)C(=O)N(C)[C@@H](C(C)C)C(=O)N1C. The molecule has 1 aliphatic rings. The standard InChI is InChI=1S/C65H116N12O14/c1-26-28-29-41(13)53(78)52-57(82)68-44(27-2)59(84)70(19)45(30-31-77(90)91)60(85)74(23)49(35-65(16,17)18)56(81)69-50(39(9)10)63(88)71(20)46(32-36(3)4)55(80)66-42(14)54(79)67-43(15)58(83)72(21)47(33-37(5)6)61(86)73(22)48(34-38(7)8)62(87)75(24)51(40(11)12)64(89)76(52)25/h26,28,36-53,78H,27,29-35H2,1-25H3,(H,66,80)(H,67,79)(H,68,82)(H,69,81)/b28-26+/t41-,42+,43-,44+,45-,46+,47+,48+,49+,50+,51+,52+,53-/m1/s1. The molecule has 1 saturated heterocycles. The largest absolute Gasteiger partial charge is 0.390 e. The molecule has 520 valence electrons. The molecule has 0 aromatic heterocycles. The average molecular weight is 1290 g/mol. The fourth-order valence-electron chi connectivity index (χ4n) is 11.4. The second-order valence-electron chi connectivity index (χ2n) is 28.3. The van der Waals surface area contributed by atoms with Crippen LogP contribution in [0.5, 0.6) is 0 Å². The van der Waals surface area contributed by atoms with Gasteiger partial charge in [-0.05, 0) is 100 Å². The number of allylic oxidation sites excluding steroid dienone is 2. The van der Waals surface area contributed by atoms with Crippen LogP contribution in [-0.2, 0) is 52.7 Å². The first-order valence-corrected chi connectivity index (χ1v) is 32.3. The summed E-state index contributed by atoms with van der Waals surface area (Å²) in [6, 6.07) is -14.9. The lowest BCUT2D eigenvalue weighted by Gasteiger charge is -2.41. The number of aliphatic hydroxyl groups is 1. The van der Waals surface area contributed by atoms with Crippen LogP contribution in [0.3, 0.4) is 0 Å². The molecule has 0 spiro atoms. The Labute approximate surface area is 542 Å². The van der Waals surface area contributed by atoms with Gasteiger partial charge in [-0.25, -0.2) is 0 Å². The molecule has 0 unspecified atom stereocenters. The molecule has 26 heteroatoms. The first kappa shape index (κ1) is 82.3. The van der Waals surface area contributed by atoms with Gasteiger partial charge in [0.1, 0.15) is 66.5 Å². The molecule has 5 N–H and O–H groups in total. The zero-order chi connectivity index (χ0) is 70.8. The van der Waals surface area contributed by atoms with Crippen molar-refractivity contribution in [3.8, 4) is 0 Å². The van der Waals surface area contributed by atoms with Crippen molar-refractivity contribution in [2.45, 2.75) is 242 Å². The second-order valence-corrected chi connectivity index (χ2v) is 28.3. The number of hydrogen-bond acceptors (Lipinski definition) is 14. The van der Waals surface area contributed by atoms with Gasteiger partial charge in [0.15, 0.2) is 0 Å². The predicted octanol–water partition coefficient (Wildman–Crippen LogP) is 3.69. The Kier molecular flexibility index (Phi) is 33.0. The van der Waals surface area contributed by atoms with E-state index in [1.807, 2.05) is 62.3 Å². The molecule has 1 rings (SSSR count). The number of rotatable bonds is 17. The minimum Gasteiger partial charge on any atom is -0.390 e. The van der Waals surface area contributed by atoms with Gasteiger partial charge in [-0.3, -0.25) is 62.9 Å². The summed E-state index contributed by atoms with van der Waals surface area (Å²) in [7, 11) is 9.51. The van der Waals surface area contributed by atoms with Gasteiger partial charge in [0.05, 0.1) is 6.10 Å². The summed E-state index contributed by atoms with van der Waals surface area (Å²) in [5.41, 5.74) is -0.679. The number of carbonyl (C=O) groups excluding carboxylic acids is 11. The van der Waals surface area contributed by atoms with Gasteiger partial charge in [0, 0.05) is 60.7 Å². The molecule has 0 radical (unpaired) electrons. The maximum atomic E-state index is 15.3. The summed E-state index contributed by atoms with van der Waals surface area (Å²) < 4.78 is 0. The highest BCUT2D eigenvalue weighted by molar-refractivity contribution is 6.00. The summed E-state index contributed by atoms with van der Waals surface area (Å²) in [5.74, 6) is -10.9. The van der Waals surface area contributed by atoms with Gasteiger partial charge in [0.2, 0.25) is 71.5 Å². The summed E-state index contributed by atoms with van der Waals surface area (Å²) in [6.45, 7) is 30.3. The number of aliphatic hydroxyl groups excluding tert-OH is 1. The first-order chi connectivity index (χ1) is 41.8. The zero-order valence-electron chi connectivity index (χ0n) is 59.5. The zero-order valence-corrected chi connectivity index (χ0v) is 59.5. The summed E-state index contributed by atoms with van der Waals surface area (Å²) in [5, 5.41) is 35.1. The Balaban J connectivity index is 4.54. The third kappa shape index (κ3) is 23.4. The molecule has 26 nitrogen and oxygen atoms in total. The normalized spacial score (nSPS) is 26.8. The molecule has 0 aromatic rings. The van der Waals surface area contributed by atoms with Crippen LogP contribution in [0.15, 0.2) is 12.2 Å². The number of carbonyl (C=O) groups is 11. The molecule has 0 saturated carbocycles. The van der Waals surface area contributed by atoms with Gasteiger partial charge in [-0.2, -0.15) is 0 Å². The van der Waals surface area contributed by atoms with E-state index in [1.54, 1.807) is 60.6 Å². The molecular weight excluding hydrogens is 1170 g/mol. The topological polar surface area (TPSA) is 322 Å². The maximum absolute atomic E-state index is 15.3. The van der Waals surface area contributed by atoms with E-state index in [4.69, 9.17) is 0 Å². The van der Waals surface area contributed by atoms with Crippen molar-refractivity contribution >= 4 is 65.0 Å². The molecule has 1 aliphatic heterocycles. The van der Waals surface area contributed by atoms with Crippen molar-refractivity contribution in [1.82, 2.24) is 55.6 Å². The van der Waals surface area contributed by atoms with Crippen LogP contribution < -0.4 is 21.3 Å². The molecule has 0 aliphatic carbocycles. The van der Waals surface area contributed by atoms with Crippen LogP contribution in [0.2, 0.25) is 0 Å². The van der Waals surface area contributed by atoms with Crippen LogP contribution in [0.25, 0.3) is 0 Å². The number of amides is 11. The van der Waals surface area contributed by atoms with Crippen molar-refractivity contribution in [2.24, 2.45) is 40.9 Å². The Morgan fingerprint density at radius 2 is 0.923 bits per heavy atom. The number of hydrogen-bond donors (Lipinski definition) is 5. The van der Waals surface area contributed by atoms with E-state index in [2.05, 4.69) is 21.3 Å². The summed E-state index contributed by atoms with van der Waals surface area (Å²) in [4.78, 5) is 182. The van der Waals surface area contributed by atoms with Crippen molar-refractivity contribution in [3.05, 3.63) is 22.3 Å². The summed E-state index contributed by atoms with van der Waals surface area (Å²) in [6.07, 6.45) is 1.86. The van der Waals surface area contributed by atoms with Gasteiger partial charge >= 0.3 is 0 Å². The van der Waals surface area contributed by atoms with Crippen LogP contribution in [0, 0.1) is 51.0 Å². The molecule has 91 heavy (non-hydrogen) atoms. The Morgan fingerprint density at radius 1 is 0.505 bits per heavy atom. The Bertz CT molecular complexity index is 2550. The van der Waals surface area contributed by atoms with Crippen molar-refractivity contribution in [2.75, 3.05) is 55.9 Å². The lowest BCUT2D eigenvalue weighted by Crippen LogP contribution is -2.64. The fraction of sp³-hybridized carbons (Fsp3) is 0.800. The maximum Gasteiger partial charge on any atom is 0.246 e. The predicted molar refractivity (Wildman–Crippen MR) is 348 cm³/mol. The minimum atomic E-state index is -1.71. The number of nitrogens with one attached hydrogen (secondary N) is 4. The Morgan fingerprint density at radius 3 is 1.37 bits per heavy atom. The lowest BCUT2D eigenvalue weighted by molar-refractivity contribution is -0.481.